The molecule has 1 aromatic rings. The Kier molecular flexibility index (Phi) is 5.52. The predicted octanol–water partition coefficient (Wildman–Crippen LogP) is 1.69. The molecule has 0 aliphatic carbocycles. The van der Waals surface area contributed by atoms with Gasteiger partial charge in [0.25, 0.3) is 0 Å². The lowest BCUT2D eigenvalue weighted by Gasteiger charge is -2.11. The summed E-state index contributed by atoms with van der Waals surface area (Å²) < 4.78 is 33.8. The first-order valence-electron chi connectivity index (χ1n) is 5.33. The summed E-state index contributed by atoms with van der Waals surface area (Å²) in [6, 6.07) is 3.45. The van der Waals surface area contributed by atoms with E-state index in [2.05, 4.69) is 9.84 Å². The molecule has 0 saturated heterocycles. The zero-order valence-electron chi connectivity index (χ0n) is 10.1. The van der Waals surface area contributed by atoms with E-state index >= 15 is 0 Å². The van der Waals surface area contributed by atoms with E-state index in [0.29, 0.717) is 12.2 Å². The van der Waals surface area contributed by atoms with Crippen molar-refractivity contribution in [1.29, 1.82) is 0 Å². The van der Waals surface area contributed by atoms with Gasteiger partial charge in [0, 0.05) is 0 Å². The van der Waals surface area contributed by atoms with Crippen molar-refractivity contribution in [2.75, 3.05) is 6.61 Å². The molecular weight excluding hydrogens is 260 g/mol. The average molecular weight is 273 g/mol. The zero-order valence-corrected chi connectivity index (χ0v) is 10.1. The molecule has 0 unspecified atom stereocenters. The van der Waals surface area contributed by atoms with Crippen molar-refractivity contribution in [3.05, 3.63) is 23.8 Å². The number of carbonyl (C=O) groups is 1. The Morgan fingerprint density at radius 1 is 1.53 bits per heavy atom. The van der Waals surface area contributed by atoms with Gasteiger partial charge in [0.1, 0.15) is 0 Å². The van der Waals surface area contributed by atoms with Crippen LogP contribution in [0.15, 0.2) is 23.3 Å². The summed E-state index contributed by atoms with van der Waals surface area (Å²) in [5.74, 6) is 0.0858. The second-order valence-electron chi connectivity index (χ2n) is 3.25. The van der Waals surface area contributed by atoms with E-state index in [0.717, 1.165) is 0 Å². The molecule has 6 nitrogen and oxygen atoms in total. The highest BCUT2D eigenvalue weighted by atomic mass is 19.3. The number of hydrogen-bond acceptors (Lipinski definition) is 4. The third kappa shape index (κ3) is 5.19. The molecule has 0 aliphatic heterocycles. The highest BCUT2D eigenvalue weighted by molar-refractivity contribution is 5.82. The molecule has 0 radical (unpaired) electrons. The number of hydrogen-bond donors (Lipinski definition) is 2. The molecule has 19 heavy (non-hydrogen) atoms. The van der Waals surface area contributed by atoms with E-state index < -0.39 is 12.6 Å². The number of nitrogens with one attached hydrogen (secondary N) is 1. The Bertz CT molecular complexity index is 466. The number of carbonyl (C=O) groups excluding carboxylic acids is 1. The van der Waals surface area contributed by atoms with Gasteiger partial charge in [-0.25, -0.2) is 10.2 Å². The predicted molar refractivity (Wildman–Crippen MR) is 64.6 cm³/mol. The number of nitrogens with two attached hydrogens (primary N) is 1. The fourth-order valence-corrected chi connectivity index (χ4v) is 1.24. The molecule has 0 aliphatic rings. The highest BCUT2D eigenvalue weighted by Gasteiger charge is 2.10. The molecule has 0 spiro atoms. The zero-order chi connectivity index (χ0) is 14.3. The Labute approximate surface area is 108 Å². The lowest BCUT2D eigenvalue weighted by atomic mass is 10.2. The van der Waals surface area contributed by atoms with Gasteiger partial charge in [0.15, 0.2) is 11.5 Å². The first-order chi connectivity index (χ1) is 9.02. The molecule has 0 aromatic heterocycles. The summed E-state index contributed by atoms with van der Waals surface area (Å²) in [7, 11) is 0. The maximum atomic E-state index is 12.2. The van der Waals surface area contributed by atoms with Crippen molar-refractivity contribution in [1.82, 2.24) is 5.43 Å². The van der Waals surface area contributed by atoms with Gasteiger partial charge in [-0.15, -0.1) is 0 Å². The first-order valence-corrected chi connectivity index (χ1v) is 5.33. The summed E-state index contributed by atoms with van der Waals surface area (Å²) in [6.45, 7) is -0.934. The van der Waals surface area contributed by atoms with Gasteiger partial charge < -0.3 is 15.2 Å². The van der Waals surface area contributed by atoms with E-state index in [-0.39, 0.29) is 11.5 Å². The van der Waals surface area contributed by atoms with Crippen molar-refractivity contribution in [3.8, 4) is 11.5 Å². The van der Waals surface area contributed by atoms with Gasteiger partial charge in [-0.05, 0) is 30.7 Å². The summed E-state index contributed by atoms with van der Waals surface area (Å²) in [5.41, 5.74) is 7.36. The van der Waals surface area contributed by atoms with E-state index in [9.17, 15) is 13.6 Å². The van der Waals surface area contributed by atoms with Crippen LogP contribution in [0.2, 0.25) is 0 Å². The largest absolute Gasteiger partial charge is 0.490 e. The summed E-state index contributed by atoms with van der Waals surface area (Å²) >= 11 is 0. The van der Waals surface area contributed by atoms with Crippen LogP contribution in [0.4, 0.5) is 13.6 Å². The number of ether oxygens (including phenoxy) is 2. The number of rotatable bonds is 6. The number of amides is 2. The molecule has 0 atom stereocenters. The number of benzene rings is 1. The second kappa shape index (κ2) is 7.14. The Hall–Kier alpha value is -2.38. The molecule has 0 heterocycles. The Morgan fingerprint density at radius 3 is 2.84 bits per heavy atom. The number of urea groups is 1. The third-order valence-electron chi connectivity index (χ3n) is 1.87. The fourth-order valence-electron chi connectivity index (χ4n) is 1.24. The molecule has 8 heteroatoms. The molecular formula is C11H13F2N3O3. The summed E-state index contributed by atoms with van der Waals surface area (Å²) in [4.78, 5) is 10.4. The number of primary amides is 1. The molecule has 0 saturated carbocycles. The van der Waals surface area contributed by atoms with Gasteiger partial charge in [-0.1, -0.05) is 0 Å². The summed E-state index contributed by atoms with van der Waals surface area (Å²) in [5, 5.41) is 3.54. The smallest absolute Gasteiger partial charge is 0.387 e. The highest BCUT2D eigenvalue weighted by Crippen LogP contribution is 2.29. The van der Waals surface area contributed by atoms with Gasteiger partial charge >= 0.3 is 12.6 Å². The maximum Gasteiger partial charge on any atom is 0.387 e. The van der Waals surface area contributed by atoms with Crippen molar-refractivity contribution < 1.29 is 23.0 Å². The maximum absolute atomic E-state index is 12.2. The fraction of sp³-hybridized carbons (Fsp3) is 0.273. The lowest BCUT2D eigenvalue weighted by molar-refractivity contribution is -0.0514. The van der Waals surface area contributed by atoms with E-state index in [1.807, 2.05) is 5.43 Å². The van der Waals surface area contributed by atoms with E-state index in [1.165, 1.54) is 24.4 Å². The van der Waals surface area contributed by atoms with Crippen LogP contribution >= 0.6 is 0 Å². The Balaban J connectivity index is 2.88. The van der Waals surface area contributed by atoms with Crippen LogP contribution in [0.3, 0.4) is 0 Å². The van der Waals surface area contributed by atoms with Gasteiger partial charge in [0.05, 0.1) is 12.8 Å². The van der Waals surface area contributed by atoms with Gasteiger partial charge in [0.2, 0.25) is 0 Å². The number of hydrazone groups is 1. The van der Waals surface area contributed by atoms with Crippen LogP contribution < -0.4 is 20.6 Å². The molecule has 0 bridgehead atoms. The molecule has 2 amide bonds. The van der Waals surface area contributed by atoms with Gasteiger partial charge in [-0.2, -0.15) is 13.9 Å². The minimum Gasteiger partial charge on any atom is -0.490 e. The van der Waals surface area contributed by atoms with E-state index in [4.69, 9.17) is 10.5 Å². The quantitative estimate of drug-likeness (QED) is 0.611. The second-order valence-corrected chi connectivity index (χ2v) is 3.25. The summed E-state index contributed by atoms with van der Waals surface area (Å²) in [6.07, 6.45) is 1.29. The van der Waals surface area contributed by atoms with E-state index in [1.54, 1.807) is 6.92 Å². The normalized spacial score (nSPS) is 10.7. The molecule has 3 N–H and O–H groups in total. The van der Waals surface area contributed by atoms with Crippen LogP contribution in [0.5, 0.6) is 11.5 Å². The topological polar surface area (TPSA) is 85.9 Å². The number of halogens is 2. The standard InChI is InChI=1S/C11H13F2N3O3/c1-2-18-9-5-7(6-15-16-11(14)17)3-4-8(9)19-10(12)13/h3-6,10H,2H2,1H3,(H3,14,16,17). The monoisotopic (exact) mass is 273 g/mol. The molecule has 1 aromatic carbocycles. The third-order valence-corrected chi connectivity index (χ3v) is 1.87. The number of nitrogens with zero attached hydrogens (tertiary/aromatic N) is 1. The van der Waals surface area contributed by atoms with Gasteiger partial charge in [-0.3, -0.25) is 0 Å². The molecule has 104 valence electrons. The minimum absolute atomic E-state index is 0.0724. The molecule has 1 rings (SSSR count). The van der Waals surface area contributed by atoms with Crippen molar-refractivity contribution in [2.45, 2.75) is 13.5 Å². The first kappa shape index (κ1) is 14.7. The van der Waals surface area contributed by atoms with Crippen molar-refractivity contribution >= 4 is 12.2 Å². The number of alkyl halides is 2. The van der Waals surface area contributed by atoms with Crippen LogP contribution in [-0.4, -0.2) is 25.5 Å². The lowest BCUT2D eigenvalue weighted by Crippen LogP contribution is -2.24. The average Bonchev–Trinajstić information content (AvgIpc) is 2.31. The van der Waals surface area contributed by atoms with Crippen LogP contribution in [-0.2, 0) is 0 Å². The molecule has 0 fully saturated rings. The minimum atomic E-state index is -2.93. The van der Waals surface area contributed by atoms with Crippen LogP contribution in [0, 0.1) is 0 Å². The van der Waals surface area contributed by atoms with Crippen LogP contribution in [0.25, 0.3) is 0 Å². The van der Waals surface area contributed by atoms with Crippen molar-refractivity contribution in [3.63, 3.8) is 0 Å². The Morgan fingerprint density at radius 2 is 2.26 bits per heavy atom. The van der Waals surface area contributed by atoms with Crippen LogP contribution in [0.1, 0.15) is 12.5 Å². The van der Waals surface area contributed by atoms with Crippen molar-refractivity contribution in [2.24, 2.45) is 10.8 Å². The SMILES string of the molecule is CCOc1cc(C=NNC(N)=O)ccc1OC(F)F.